The maximum Gasteiger partial charge on any atom is 0.340 e. The SMILES string of the molecule is O=C(COC(=O)c1ccccc1Cl)Nc1ccc(Cl)c([N+](=O)[O-])c1. The molecule has 0 bridgehead atoms. The number of nitro groups is 1. The lowest BCUT2D eigenvalue weighted by Gasteiger charge is -2.07. The average molecular weight is 369 g/mol. The Kier molecular flexibility index (Phi) is 5.73. The maximum atomic E-state index is 11.8. The van der Waals surface area contributed by atoms with Crippen molar-refractivity contribution < 1.29 is 19.2 Å². The van der Waals surface area contributed by atoms with Crippen LogP contribution in [0.5, 0.6) is 0 Å². The van der Waals surface area contributed by atoms with Crippen molar-refractivity contribution in [2.24, 2.45) is 0 Å². The molecule has 0 atom stereocenters. The van der Waals surface area contributed by atoms with Crippen LogP contribution in [0.4, 0.5) is 11.4 Å². The molecule has 0 saturated heterocycles. The van der Waals surface area contributed by atoms with Crippen LogP contribution in [0.3, 0.4) is 0 Å². The van der Waals surface area contributed by atoms with E-state index in [2.05, 4.69) is 5.32 Å². The Morgan fingerprint density at radius 3 is 2.50 bits per heavy atom. The molecule has 9 heteroatoms. The zero-order chi connectivity index (χ0) is 17.7. The number of anilines is 1. The fourth-order valence-corrected chi connectivity index (χ4v) is 2.16. The molecule has 0 radical (unpaired) electrons. The van der Waals surface area contributed by atoms with Gasteiger partial charge in [0, 0.05) is 11.8 Å². The predicted octanol–water partition coefficient (Wildman–Crippen LogP) is 3.70. The number of carbonyl (C=O) groups is 2. The summed E-state index contributed by atoms with van der Waals surface area (Å²) < 4.78 is 4.85. The van der Waals surface area contributed by atoms with Crippen molar-refractivity contribution in [3.63, 3.8) is 0 Å². The quantitative estimate of drug-likeness (QED) is 0.492. The summed E-state index contributed by atoms with van der Waals surface area (Å²) >= 11 is 11.5. The van der Waals surface area contributed by atoms with Crippen molar-refractivity contribution in [3.8, 4) is 0 Å². The highest BCUT2D eigenvalue weighted by Crippen LogP contribution is 2.27. The Morgan fingerprint density at radius 1 is 1.12 bits per heavy atom. The molecule has 0 aliphatic heterocycles. The number of amides is 1. The van der Waals surface area contributed by atoms with Gasteiger partial charge in [0.15, 0.2) is 6.61 Å². The van der Waals surface area contributed by atoms with Gasteiger partial charge in [0.25, 0.3) is 11.6 Å². The summed E-state index contributed by atoms with van der Waals surface area (Å²) in [6, 6.07) is 10.0. The molecule has 1 amide bonds. The summed E-state index contributed by atoms with van der Waals surface area (Å²) in [4.78, 5) is 33.7. The molecule has 0 unspecified atom stereocenters. The first-order valence-electron chi connectivity index (χ1n) is 6.54. The molecule has 124 valence electrons. The summed E-state index contributed by atoms with van der Waals surface area (Å²) in [5.41, 5.74) is -0.0541. The first-order chi connectivity index (χ1) is 11.4. The van der Waals surface area contributed by atoms with E-state index < -0.39 is 23.4 Å². The van der Waals surface area contributed by atoms with Gasteiger partial charge in [-0.1, -0.05) is 35.3 Å². The number of rotatable bonds is 5. The Hall–Kier alpha value is -2.64. The molecule has 2 aromatic carbocycles. The van der Waals surface area contributed by atoms with E-state index in [0.29, 0.717) is 0 Å². The minimum Gasteiger partial charge on any atom is -0.452 e. The monoisotopic (exact) mass is 368 g/mol. The number of hydrogen-bond donors (Lipinski definition) is 1. The van der Waals surface area contributed by atoms with E-state index in [1.165, 1.54) is 24.3 Å². The summed E-state index contributed by atoms with van der Waals surface area (Å²) in [5, 5.41) is 13.3. The number of hydrogen-bond acceptors (Lipinski definition) is 5. The minimum absolute atomic E-state index is 0.0526. The molecule has 2 aromatic rings. The number of halogens is 2. The van der Waals surface area contributed by atoms with Crippen LogP contribution in [0.1, 0.15) is 10.4 Å². The fraction of sp³-hybridized carbons (Fsp3) is 0.0667. The number of nitro benzene ring substituents is 1. The largest absolute Gasteiger partial charge is 0.452 e. The lowest BCUT2D eigenvalue weighted by molar-refractivity contribution is -0.384. The van der Waals surface area contributed by atoms with E-state index in [4.69, 9.17) is 27.9 Å². The van der Waals surface area contributed by atoms with Crippen LogP contribution >= 0.6 is 23.2 Å². The van der Waals surface area contributed by atoms with Gasteiger partial charge in [-0.2, -0.15) is 0 Å². The van der Waals surface area contributed by atoms with Crippen LogP contribution in [0.15, 0.2) is 42.5 Å². The van der Waals surface area contributed by atoms with Gasteiger partial charge in [0.2, 0.25) is 0 Å². The van der Waals surface area contributed by atoms with E-state index in [9.17, 15) is 19.7 Å². The number of benzene rings is 2. The van der Waals surface area contributed by atoms with Crippen molar-refractivity contribution in [2.45, 2.75) is 0 Å². The number of carbonyl (C=O) groups excluding carboxylic acids is 2. The molecule has 0 aliphatic rings. The third kappa shape index (κ3) is 4.43. The molecule has 7 nitrogen and oxygen atoms in total. The molecular weight excluding hydrogens is 359 g/mol. The summed E-state index contributed by atoms with van der Waals surface area (Å²) in [7, 11) is 0. The Labute approximate surface area is 146 Å². The van der Waals surface area contributed by atoms with Crippen LogP contribution in [0.25, 0.3) is 0 Å². The van der Waals surface area contributed by atoms with Crippen LogP contribution in [0.2, 0.25) is 10.0 Å². The van der Waals surface area contributed by atoms with Gasteiger partial charge in [0.1, 0.15) is 5.02 Å². The normalized spacial score (nSPS) is 10.1. The molecule has 0 saturated carbocycles. The molecule has 24 heavy (non-hydrogen) atoms. The first kappa shape index (κ1) is 17.7. The standard InChI is InChI=1S/C15H10Cl2N2O5/c16-11-4-2-1-3-10(11)15(21)24-8-14(20)18-9-5-6-12(17)13(7-9)19(22)23/h1-7H,8H2,(H,18,20). The number of esters is 1. The first-order valence-corrected chi connectivity index (χ1v) is 7.29. The highest BCUT2D eigenvalue weighted by atomic mass is 35.5. The maximum absolute atomic E-state index is 11.8. The highest BCUT2D eigenvalue weighted by molar-refractivity contribution is 6.33. The van der Waals surface area contributed by atoms with Crippen molar-refractivity contribution >= 4 is 46.5 Å². The second-order valence-corrected chi connectivity index (χ2v) is 5.34. The highest BCUT2D eigenvalue weighted by Gasteiger charge is 2.16. The van der Waals surface area contributed by atoms with Gasteiger partial charge in [0.05, 0.1) is 15.5 Å². The summed E-state index contributed by atoms with van der Waals surface area (Å²) in [6.07, 6.45) is 0. The van der Waals surface area contributed by atoms with Crippen LogP contribution in [-0.2, 0) is 9.53 Å². The Bertz CT molecular complexity index is 810. The third-order valence-corrected chi connectivity index (χ3v) is 3.50. The fourth-order valence-electron chi connectivity index (χ4n) is 1.76. The van der Waals surface area contributed by atoms with Crippen LogP contribution < -0.4 is 5.32 Å². The van der Waals surface area contributed by atoms with Crippen LogP contribution in [0, 0.1) is 10.1 Å². The zero-order valence-corrected chi connectivity index (χ0v) is 13.5. The number of ether oxygens (including phenoxy) is 1. The molecule has 0 heterocycles. The molecular formula is C15H10Cl2N2O5. The van der Waals surface area contributed by atoms with Gasteiger partial charge in [-0.05, 0) is 24.3 Å². The molecule has 0 fully saturated rings. The second-order valence-electron chi connectivity index (χ2n) is 4.53. The number of nitrogens with zero attached hydrogens (tertiary/aromatic N) is 1. The summed E-state index contributed by atoms with van der Waals surface area (Å²) in [5.74, 6) is -1.41. The van der Waals surface area contributed by atoms with Crippen molar-refractivity contribution in [1.29, 1.82) is 0 Å². The summed E-state index contributed by atoms with van der Waals surface area (Å²) in [6.45, 7) is -0.569. The van der Waals surface area contributed by atoms with E-state index in [0.717, 1.165) is 6.07 Å². The Morgan fingerprint density at radius 2 is 1.83 bits per heavy atom. The van der Waals surface area contributed by atoms with Crippen molar-refractivity contribution in [3.05, 3.63) is 68.2 Å². The van der Waals surface area contributed by atoms with Crippen LogP contribution in [-0.4, -0.2) is 23.4 Å². The van der Waals surface area contributed by atoms with Gasteiger partial charge in [-0.3, -0.25) is 14.9 Å². The van der Waals surface area contributed by atoms with Crippen molar-refractivity contribution in [2.75, 3.05) is 11.9 Å². The van der Waals surface area contributed by atoms with E-state index >= 15 is 0 Å². The lowest BCUT2D eigenvalue weighted by atomic mass is 10.2. The Balaban J connectivity index is 1.97. The molecule has 0 aliphatic carbocycles. The number of nitrogens with one attached hydrogen (secondary N) is 1. The second kappa shape index (κ2) is 7.76. The van der Waals surface area contributed by atoms with Gasteiger partial charge in [-0.15, -0.1) is 0 Å². The average Bonchev–Trinajstić information content (AvgIpc) is 2.54. The van der Waals surface area contributed by atoms with E-state index in [-0.39, 0.29) is 27.0 Å². The van der Waals surface area contributed by atoms with Gasteiger partial charge in [-0.25, -0.2) is 4.79 Å². The molecule has 0 aromatic heterocycles. The smallest absolute Gasteiger partial charge is 0.340 e. The predicted molar refractivity (Wildman–Crippen MR) is 88.5 cm³/mol. The van der Waals surface area contributed by atoms with Gasteiger partial charge >= 0.3 is 5.97 Å². The van der Waals surface area contributed by atoms with Gasteiger partial charge < -0.3 is 10.1 Å². The minimum atomic E-state index is -0.752. The zero-order valence-electron chi connectivity index (χ0n) is 12.0. The van der Waals surface area contributed by atoms with Crippen molar-refractivity contribution in [1.82, 2.24) is 0 Å². The van der Waals surface area contributed by atoms with E-state index in [1.807, 2.05) is 0 Å². The molecule has 2 rings (SSSR count). The lowest BCUT2D eigenvalue weighted by Crippen LogP contribution is -2.21. The molecule has 0 spiro atoms. The molecule has 1 N–H and O–H groups in total. The topological polar surface area (TPSA) is 98.5 Å². The van der Waals surface area contributed by atoms with E-state index in [1.54, 1.807) is 12.1 Å². The third-order valence-electron chi connectivity index (χ3n) is 2.85.